The van der Waals surface area contributed by atoms with Crippen LogP contribution in [0.2, 0.25) is 0 Å². The summed E-state index contributed by atoms with van der Waals surface area (Å²) in [4.78, 5) is 23.9. The van der Waals surface area contributed by atoms with Crippen molar-refractivity contribution in [1.29, 1.82) is 0 Å². The Balaban J connectivity index is 2.02. The van der Waals surface area contributed by atoms with Crippen LogP contribution < -0.4 is 5.32 Å². The Kier molecular flexibility index (Phi) is 4.13. The third-order valence-corrected chi connectivity index (χ3v) is 3.42. The molecule has 1 aromatic carbocycles. The zero-order valence-corrected chi connectivity index (χ0v) is 10.7. The van der Waals surface area contributed by atoms with Gasteiger partial charge in [-0.1, -0.05) is 37.6 Å². The number of carbonyl (C=O) groups excluding carboxylic acids is 2. The van der Waals surface area contributed by atoms with E-state index in [1.54, 1.807) is 0 Å². The summed E-state index contributed by atoms with van der Waals surface area (Å²) in [6.07, 6.45) is 3.07. The van der Waals surface area contributed by atoms with Crippen molar-refractivity contribution in [3.8, 4) is 0 Å². The number of fused-ring (bicyclic) bond motifs is 1. The predicted octanol–water partition coefficient (Wildman–Crippen LogP) is 2.35. The average molecular weight is 245 g/mol. The molecule has 1 N–H and O–H groups in total. The molecule has 3 nitrogen and oxygen atoms in total. The van der Waals surface area contributed by atoms with Crippen LogP contribution in [0.1, 0.15) is 42.1 Å². The fraction of sp³-hybridized carbons (Fsp3) is 0.467. The third kappa shape index (κ3) is 2.78. The van der Waals surface area contributed by atoms with Gasteiger partial charge in [-0.3, -0.25) is 9.59 Å². The summed E-state index contributed by atoms with van der Waals surface area (Å²) in [5, 5.41) is 2.91. The topological polar surface area (TPSA) is 46.2 Å². The molecule has 0 fully saturated rings. The minimum Gasteiger partial charge on any atom is -0.356 e. The number of ketones is 1. The van der Waals surface area contributed by atoms with E-state index in [4.69, 9.17) is 0 Å². The van der Waals surface area contributed by atoms with Gasteiger partial charge in [0.2, 0.25) is 5.91 Å². The number of unbranched alkanes of at least 4 members (excludes halogenated alkanes) is 1. The van der Waals surface area contributed by atoms with Gasteiger partial charge in [-0.05, 0) is 18.4 Å². The van der Waals surface area contributed by atoms with E-state index >= 15 is 0 Å². The molecule has 1 amide bonds. The lowest BCUT2D eigenvalue weighted by Gasteiger charge is -2.22. The highest BCUT2D eigenvalue weighted by Crippen LogP contribution is 2.25. The first-order valence-corrected chi connectivity index (χ1v) is 6.61. The number of amides is 1. The molecule has 0 radical (unpaired) electrons. The standard InChI is InChI=1S/C15H19NO2/c1-2-3-8-16-15(18)12-9-11-6-4-5-7-13(11)14(17)10-12/h4-7,12H,2-3,8-10H2,1H3,(H,16,18). The van der Waals surface area contributed by atoms with E-state index in [-0.39, 0.29) is 17.6 Å². The summed E-state index contributed by atoms with van der Waals surface area (Å²) < 4.78 is 0. The Morgan fingerprint density at radius 2 is 2.11 bits per heavy atom. The molecule has 3 heteroatoms. The zero-order valence-electron chi connectivity index (χ0n) is 10.7. The summed E-state index contributed by atoms with van der Waals surface area (Å²) in [5.41, 5.74) is 1.79. The fourth-order valence-electron chi connectivity index (χ4n) is 2.36. The van der Waals surface area contributed by atoms with Crippen molar-refractivity contribution < 1.29 is 9.59 Å². The van der Waals surface area contributed by atoms with Crippen LogP contribution in [0.4, 0.5) is 0 Å². The maximum Gasteiger partial charge on any atom is 0.223 e. The van der Waals surface area contributed by atoms with E-state index in [2.05, 4.69) is 12.2 Å². The third-order valence-electron chi connectivity index (χ3n) is 3.42. The molecular weight excluding hydrogens is 226 g/mol. The number of hydrogen-bond donors (Lipinski definition) is 1. The van der Waals surface area contributed by atoms with Gasteiger partial charge in [-0.25, -0.2) is 0 Å². The van der Waals surface area contributed by atoms with Crippen LogP contribution in [-0.2, 0) is 11.2 Å². The van der Waals surface area contributed by atoms with Crippen LogP contribution in [0.5, 0.6) is 0 Å². The Morgan fingerprint density at radius 3 is 2.89 bits per heavy atom. The van der Waals surface area contributed by atoms with E-state index in [1.807, 2.05) is 24.3 Å². The molecular formula is C15H19NO2. The molecule has 0 aliphatic heterocycles. The normalized spacial score (nSPS) is 18.3. The van der Waals surface area contributed by atoms with Crippen molar-refractivity contribution in [2.75, 3.05) is 6.54 Å². The Hall–Kier alpha value is -1.64. The molecule has 1 aliphatic carbocycles. The van der Waals surface area contributed by atoms with Crippen molar-refractivity contribution in [1.82, 2.24) is 5.32 Å². The van der Waals surface area contributed by atoms with Crippen molar-refractivity contribution in [2.45, 2.75) is 32.6 Å². The van der Waals surface area contributed by atoms with Gasteiger partial charge < -0.3 is 5.32 Å². The second-order valence-corrected chi connectivity index (χ2v) is 4.83. The van der Waals surface area contributed by atoms with Crippen LogP contribution in [0, 0.1) is 5.92 Å². The first-order chi connectivity index (χ1) is 8.72. The molecule has 0 bridgehead atoms. The summed E-state index contributed by atoms with van der Waals surface area (Å²) >= 11 is 0. The smallest absolute Gasteiger partial charge is 0.223 e. The number of benzene rings is 1. The molecule has 18 heavy (non-hydrogen) atoms. The van der Waals surface area contributed by atoms with E-state index < -0.39 is 0 Å². The summed E-state index contributed by atoms with van der Waals surface area (Å²) in [5.74, 6) is -0.0805. The molecule has 0 heterocycles. The molecule has 0 spiro atoms. The number of carbonyl (C=O) groups is 2. The van der Waals surface area contributed by atoms with E-state index in [0.717, 1.165) is 24.0 Å². The van der Waals surface area contributed by atoms with Crippen LogP contribution in [-0.4, -0.2) is 18.2 Å². The van der Waals surface area contributed by atoms with Gasteiger partial charge in [0.15, 0.2) is 5.78 Å². The van der Waals surface area contributed by atoms with Gasteiger partial charge in [0, 0.05) is 24.4 Å². The van der Waals surface area contributed by atoms with Crippen LogP contribution in [0.15, 0.2) is 24.3 Å². The lowest BCUT2D eigenvalue weighted by molar-refractivity contribution is -0.125. The quantitative estimate of drug-likeness (QED) is 0.828. The molecule has 1 aromatic rings. The maximum absolute atomic E-state index is 12.0. The lowest BCUT2D eigenvalue weighted by atomic mass is 9.82. The van der Waals surface area contributed by atoms with Crippen molar-refractivity contribution in [2.24, 2.45) is 5.92 Å². The highest BCUT2D eigenvalue weighted by Gasteiger charge is 2.29. The molecule has 96 valence electrons. The van der Waals surface area contributed by atoms with E-state index in [1.165, 1.54) is 0 Å². The minimum atomic E-state index is -0.191. The largest absolute Gasteiger partial charge is 0.356 e. The molecule has 1 atom stereocenters. The van der Waals surface area contributed by atoms with Crippen molar-refractivity contribution in [3.05, 3.63) is 35.4 Å². The SMILES string of the molecule is CCCCNC(=O)C1CC(=O)c2ccccc2C1. The van der Waals surface area contributed by atoms with Gasteiger partial charge in [0.1, 0.15) is 0 Å². The van der Waals surface area contributed by atoms with Crippen LogP contribution in [0.25, 0.3) is 0 Å². The van der Waals surface area contributed by atoms with Gasteiger partial charge in [0.05, 0.1) is 0 Å². The summed E-state index contributed by atoms with van der Waals surface area (Å²) in [6.45, 7) is 2.80. The first-order valence-electron chi connectivity index (χ1n) is 6.61. The van der Waals surface area contributed by atoms with Crippen molar-refractivity contribution >= 4 is 11.7 Å². The van der Waals surface area contributed by atoms with E-state index in [0.29, 0.717) is 19.4 Å². The molecule has 1 unspecified atom stereocenters. The minimum absolute atomic E-state index is 0.0197. The molecule has 1 aliphatic rings. The van der Waals surface area contributed by atoms with Crippen molar-refractivity contribution in [3.63, 3.8) is 0 Å². The fourth-order valence-corrected chi connectivity index (χ4v) is 2.36. The maximum atomic E-state index is 12.0. The Labute approximate surface area is 108 Å². The highest BCUT2D eigenvalue weighted by molar-refractivity contribution is 6.01. The predicted molar refractivity (Wildman–Crippen MR) is 70.5 cm³/mol. The summed E-state index contributed by atoms with van der Waals surface area (Å²) in [7, 11) is 0. The first kappa shape index (κ1) is 12.8. The van der Waals surface area contributed by atoms with Gasteiger partial charge in [0.25, 0.3) is 0 Å². The Bertz CT molecular complexity index is 454. The molecule has 0 saturated carbocycles. The monoisotopic (exact) mass is 245 g/mol. The van der Waals surface area contributed by atoms with Gasteiger partial charge >= 0.3 is 0 Å². The second-order valence-electron chi connectivity index (χ2n) is 4.83. The summed E-state index contributed by atoms with van der Waals surface area (Å²) in [6, 6.07) is 7.59. The lowest BCUT2D eigenvalue weighted by Crippen LogP contribution is -2.36. The number of rotatable bonds is 4. The van der Waals surface area contributed by atoms with E-state index in [9.17, 15) is 9.59 Å². The molecule has 0 aromatic heterocycles. The number of Topliss-reactive ketones (excluding diaryl/α,β-unsaturated/α-hetero) is 1. The van der Waals surface area contributed by atoms with Gasteiger partial charge in [-0.15, -0.1) is 0 Å². The number of nitrogens with one attached hydrogen (secondary N) is 1. The second kappa shape index (κ2) is 5.80. The highest BCUT2D eigenvalue weighted by atomic mass is 16.2. The van der Waals surface area contributed by atoms with Crippen LogP contribution >= 0.6 is 0 Å². The molecule has 2 rings (SSSR count). The molecule has 0 saturated heterocycles. The Morgan fingerprint density at radius 1 is 1.33 bits per heavy atom. The van der Waals surface area contributed by atoms with Crippen LogP contribution in [0.3, 0.4) is 0 Å². The average Bonchev–Trinajstić information content (AvgIpc) is 2.39. The number of hydrogen-bond acceptors (Lipinski definition) is 2. The zero-order chi connectivity index (χ0) is 13.0. The van der Waals surface area contributed by atoms with Gasteiger partial charge in [-0.2, -0.15) is 0 Å².